The fourth-order valence-electron chi connectivity index (χ4n) is 3.83. The van der Waals surface area contributed by atoms with E-state index in [4.69, 9.17) is 16.3 Å². The van der Waals surface area contributed by atoms with Crippen molar-refractivity contribution >= 4 is 22.5 Å². The number of nitrogens with zero attached hydrogens (tertiary/aromatic N) is 2. The first-order valence-corrected chi connectivity index (χ1v) is 9.76. The lowest BCUT2D eigenvalue weighted by molar-refractivity contribution is 0.0588. The molecule has 0 spiro atoms. The van der Waals surface area contributed by atoms with Gasteiger partial charge in [-0.05, 0) is 61.5 Å². The van der Waals surface area contributed by atoms with Crippen LogP contribution in [-0.2, 0) is 0 Å². The van der Waals surface area contributed by atoms with Gasteiger partial charge in [0.05, 0.1) is 11.7 Å². The van der Waals surface area contributed by atoms with E-state index in [1.165, 1.54) is 0 Å². The van der Waals surface area contributed by atoms with Gasteiger partial charge in [0.15, 0.2) is 0 Å². The molecule has 0 aliphatic carbocycles. The van der Waals surface area contributed by atoms with Gasteiger partial charge in [0.25, 0.3) is 5.56 Å². The number of para-hydroxylation sites is 1. The first kappa shape index (κ1) is 18.1. The molecule has 140 valence electrons. The number of hydrogen-bond donors (Lipinski definition) is 0. The highest BCUT2D eigenvalue weighted by atomic mass is 35.5. The van der Waals surface area contributed by atoms with Gasteiger partial charge in [0.1, 0.15) is 11.9 Å². The van der Waals surface area contributed by atoms with E-state index in [1.54, 1.807) is 6.07 Å². The van der Waals surface area contributed by atoms with E-state index >= 15 is 0 Å². The average Bonchev–Trinajstić information content (AvgIpc) is 2.70. The number of pyridine rings is 1. The van der Waals surface area contributed by atoms with Crippen LogP contribution in [-0.4, -0.2) is 28.7 Å². The Kier molecular flexibility index (Phi) is 5.19. The Balaban J connectivity index is 1.46. The number of ether oxygens (including phenoxy) is 1. The zero-order chi connectivity index (χ0) is 18.8. The summed E-state index contributed by atoms with van der Waals surface area (Å²) in [6, 6.07) is 19.1. The Bertz CT molecular complexity index is 976. The Morgan fingerprint density at radius 2 is 1.70 bits per heavy atom. The second-order valence-electron chi connectivity index (χ2n) is 7.04. The molecule has 1 saturated heterocycles. The maximum Gasteiger partial charge on any atom is 0.252 e. The van der Waals surface area contributed by atoms with Crippen molar-refractivity contribution in [1.29, 1.82) is 0 Å². The molecule has 1 aliphatic rings. The molecule has 1 aromatic heterocycles. The minimum Gasteiger partial charge on any atom is -0.490 e. The molecule has 0 amide bonds. The average molecular weight is 383 g/mol. The van der Waals surface area contributed by atoms with Crippen LogP contribution in [0.5, 0.6) is 5.75 Å². The summed E-state index contributed by atoms with van der Waals surface area (Å²) in [6.45, 7) is 3.90. The van der Waals surface area contributed by atoms with Gasteiger partial charge >= 0.3 is 0 Å². The molecule has 4 nitrogen and oxygen atoms in total. The molecule has 0 radical (unpaired) electrons. The van der Waals surface area contributed by atoms with Crippen molar-refractivity contribution in [3.63, 3.8) is 0 Å². The van der Waals surface area contributed by atoms with Gasteiger partial charge in [-0.25, -0.2) is 0 Å². The van der Waals surface area contributed by atoms with Crippen molar-refractivity contribution in [3.8, 4) is 5.75 Å². The second kappa shape index (κ2) is 7.75. The largest absolute Gasteiger partial charge is 0.490 e. The second-order valence-corrected chi connectivity index (χ2v) is 7.48. The summed E-state index contributed by atoms with van der Waals surface area (Å²) in [4.78, 5) is 14.9. The number of benzene rings is 2. The van der Waals surface area contributed by atoms with E-state index in [0.29, 0.717) is 5.02 Å². The van der Waals surface area contributed by atoms with Gasteiger partial charge in [-0.1, -0.05) is 29.8 Å². The van der Waals surface area contributed by atoms with Gasteiger partial charge in [-0.15, -0.1) is 0 Å². The van der Waals surface area contributed by atoms with Crippen molar-refractivity contribution in [2.75, 3.05) is 13.1 Å². The summed E-state index contributed by atoms with van der Waals surface area (Å²) in [5, 5.41) is 1.80. The summed E-state index contributed by atoms with van der Waals surface area (Å²) in [5.74, 6) is 0.858. The lowest BCUT2D eigenvalue weighted by Gasteiger charge is -2.37. The van der Waals surface area contributed by atoms with Crippen molar-refractivity contribution in [2.24, 2.45) is 0 Å². The molecule has 0 N–H and O–H groups in total. The molecule has 2 aromatic carbocycles. The molecular weight excluding hydrogens is 360 g/mol. The summed E-state index contributed by atoms with van der Waals surface area (Å²) in [6.07, 6.45) is 2.08. The van der Waals surface area contributed by atoms with Gasteiger partial charge in [0, 0.05) is 24.2 Å². The van der Waals surface area contributed by atoms with Crippen molar-refractivity contribution in [1.82, 2.24) is 9.47 Å². The number of likely N-dealkylation sites (tertiary alicyclic amines) is 1. The molecule has 1 unspecified atom stereocenters. The monoisotopic (exact) mass is 382 g/mol. The van der Waals surface area contributed by atoms with Gasteiger partial charge in [-0.2, -0.15) is 0 Å². The minimum atomic E-state index is 0.0140. The van der Waals surface area contributed by atoms with Crippen molar-refractivity contribution in [2.45, 2.75) is 32.0 Å². The number of hydrogen-bond acceptors (Lipinski definition) is 3. The number of fused-ring (bicyclic) bond motifs is 1. The Labute approximate surface area is 163 Å². The minimum absolute atomic E-state index is 0.0140. The molecule has 27 heavy (non-hydrogen) atoms. The van der Waals surface area contributed by atoms with Crippen LogP contribution in [0.15, 0.2) is 65.5 Å². The van der Waals surface area contributed by atoms with Crippen LogP contribution >= 0.6 is 11.6 Å². The van der Waals surface area contributed by atoms with E-state index in [2.05, 4.69) is 11.8 Å². The van der Waals surface area contributed by atoms with Crippen LogP contribution in [0.2, 0.25) is 5.02 Å². The predicted octanol–water partition coefficient (Wildman–Crippen LogP) is 4.72. The van der Waals surface area contributed by atoms with E-state index in [-0.39, 0.29) is 17.8 Å². The highest BCUT2D eigenvalue weighted by molar-refractivity contribution is 6.30. The van der Waals surface area contributed by atoms with Crippen LogP contribution in [0.1, 0.15) is 25.9 Å². The normalized spacial score (nSPS) is 17.1. The quantitative estimate of drug-likeness (QED) is 0.655. The third-order valence-electron chi connectivity index (χ3n) is 5.33. The first-order chi connectivity index (χ1) is 13.1. The van der Waals surface area contributed by atoms with Crippen LogP contribution in [0.4, 0.5) is 0 Å². The Morgan fingerprint density at radius 1 is 1.00 bits per heavy atom. The predicted molar refractivity (Wildman–Crippen MR) is 110 cm³/mol. The highest BCUT2D eigenvalue weighted by Crippen LogP contribution is 2.25. The Hall–Kier alpha value is -2.30. The number of rotatable bonds is 4. The zero-order valence-corrected chi connectivity index (χ0v) is 16.1. The summed E-state index contributed by atoms with van der Waals surface area (Å²) in [5.41, 5.74) is 1.03. The molecule has 2 heterocycles. The number of piperidine rings is 1. The number of aromatic nitrogens is 1. The molecule has 4 rings (SSSR count). The molecular formula is C22H23ClN2O2. The van der Waals surface area contributed by atoms with E-state index in [9.17, 15) is 4.79 Å². The van der Waals surface area contributed by atoms with Crippen LogP contribution < -0.4 is 10.3 Å². The van der Waals surface area contributed by atoms with Gasteiger partial charge in [-0.3, -0.25) is 14.3 Å². The maximum absolute atomic E-state index is 12.6. The highest BCUT2D eigenvalue weighted by Gasteiger charge is 2.25. The molecule has 1 fully saturated rings. The van der Waals surface area contributed by atoms with Crippen LogP contribution in [0.25, 0.3) is 10.9 Å². The van der Waals surface area contributed by atoms with E-state index < -0.39 is 0 Å². The summed E-state index contributed by atoms with van der Waals surface area (Å²) >= 11 is 5.93. The summed E-state index contributed by atoms with van der Waals surface area (Å²) < 4.78 is 7.98. The number of halogens is 1. The van der Waals surface area contributed by atoms with Gasteiger partial charge in [0.2, 0.25) is 0 Å². The standard InChI is InChI=1S/C22H23ClN2O2/c1-16(25-21-5-3-2-4-17(21)6-11-22(25)26)24-14-12-20(13-15-24)27-19-9-7-18(23)8-10-19/h2-11,16,20H,12-15H2,1H3. The smallest absolute Gasteiger partial charge is 0.252 e. The SMILES string of the molecule is CC(N1CCC(Oc2ccc(Cl)cc2)CC1)n1c(=O)ccc2ccccc21. The lowest BCUT2D eigenvalue weighted by atomic mass is 10.1. The fraction of sp³-hybridized carbons (Fsp3) is 0.318. The molecule has 5 heteroatoms. The molecule has 1 atom stereocenters. The van der Waals surface area contributed by atoms with Crippen molar-refractivity contribution < 1.29 is 4.74 Å². The molecule has 0 bridgehead atoms. The van der Waals surface area contributed by atoms with E-state index in [0.717, 1.165) is 42.6 Å². The fourth-order valence-corrected chi connectivity index (χ4v) is 3.96. The van der Waals surface area contributed by atoms with Gasteiger partial charge < -0.3 is 4.74 Å². The van der Waals surface area contributed by atoms with Crippen molar-refractivity contribution in [3.05, 3.63) is 76.0 Å². The maximum atomic E-state index is 12.6. The van der Waals surface area contributed by atoms with E-state index in [1.807, 2.05) is 59.2 Å². The van der Waals surface area contributed by atoms with Crippen LogP contribution in [0, 0.1) is 0 Å². The summed E-state index contributed by atoms with van der Waals surface area (Å²) in [7, 11) is 0. The zero-order valence-electron chi connectivity index (χ0n) is 15.3. The first-order valence-electron chi connectivity index (χ1n) is 9.38. The Morgan fingerprint density at radius 3 is 2.44 bits per heavy atom. The topological polar surface area (TPSA) is 34.5 Å². The lowest BCUT2D eigenvalue weighted by Crippen LogP contribution is -2.43. The molecule has 1 aliphatic heterocycles. The third-order valence-corrected chi connectivity index (χ3v) is 5.59. The molecule has 0 saturated carbocycles. The third kappa shape index (κ3) is 3.87. The van der Waals surface area contributed by atoms with Crippen LogP contribution in [0.3, 0.4) is 0 Å². The molecule has 3 aromatic rings.